The number of likely N-dealkylation sites (tertiary alicyclic amines) is 1. The normalized spacial score (nSPS) is 31.1. The lowest BCUT2D eigenvalue weighted by molar-refractivity contribution is -0.0731. The summed E-state index contributed by atoms with van der Waals surface area (Å²) >= 11 is 0. The number of hydrogen-bond acceptors (Lipinski definition) is 4. The average Bonchev–Trinajstić information content (AvgIpc) is 2.31. The van der Waals surface area contributed by atoms with Crippen molar-refractivity contribution in [2.45, 2.75) is 38.9 Å². The molecule has 0 aromatic rings. The molecule has 5 heteroatoms. The number of morpholine rings is 1. The highest BCUT2D eigenvalue weighted by Gasteiger charge is 2.26. The van der Waals surface area contributed by atoms with E-state index in [1.54, 1.807) is 0 Å². The lowest BCUT2D eigenvalue weighted by Gasteiger charge is -2.39. The molecular weight excluding hydrogens is 262 g/mol. The maximum absolute atomic E-state index is 5.79. The quantitative estimate of drug-likeness (QED) is 0.845. The fourth-order valence-corrected chi connectivity index (χ4v) is 3.37. The fourth-order valence-electron chi connectivity index (χ4n) is 3.37. The van der Waals surface area contributed by atoms with E-state index in [2.05, 4.69) is 23.6 Å². The summed E-state index contributed by atoms with van der Waals surface area (Å²) in [5, 5.41) is 0. The first-order valence-corrected chi connectivity index (χ1v) is 7.47. The molecule has 2 aliphatic rings. The number of halogens is 1. The maximum atomic E-state index is 5.79. The molecule has 114 valence electrons. The van der Waals surface area contributed by atoms with Crippen molar-refractivity contribution in [3.8, 4) is 0 Å². The predicted molar refractivity (Wildman–Crippen MR) is 81.9 cm³/mol. The number of ether oxygens (including phenoxy) is 1. The van der Waals surface area contributed by atoms with Crippen LogP contribution < -0.4 is 5.73 Å². The molecule has 2 heterocycles. The third kappa shape index (κ3) is 5.56. The number of hydrogen-bond donors (Lipinski definition) is 1. The molecule has 0 saturated carbocycles. The van der Waals surface area contributed by atoms with Gasteiger partial charge < -0.3 is 15.4 Å². The highest BCUT2D eigenvalue weighted by molar-refractivity contribution is 5.85. The molecule has 19 heavy (non-hydrogen) atoms. The van der Waals surface area contributed by atoms with Crippen LogP contribution in [0.25, 0.3) is 0 Å². The van der Waals surface area contributed by atoms with Gasteiger partial charge in [0.2, 0.25) is 0 Å². The van der Waals surface area contributed by atoms with E-state index in [1.807, 2.05) is 0 Å². The van der Waals surface area contributed by atoms with Gasteiger partial charge in [0.15, 0.2) is 0 Å². The van der Waals surface area contributed by atoms with Crippen LogP contribution in [0.3, 0.4) is 0 Å². The molecule has 0 aliphatic carbocycles. The zero-order chi connectivity index (χ0) is 13.0. The molecule has 2 unspecified atom stereocenters. The minimum absolute atomic E-state index is 0. The number of piperidine rings is 1. The molecule has 0 aromatic heterocycles. The predicted octanol–water partition coefficient (Wildman–Crippen LogP) is 1.19. The molecule has 0 spiro atoms. The van der Waals surface area contributed by atoms with E-state index in [9.17, 15) is 0 Å². The van der Waals surface area contributed by atoms with Crippen molar-refractivity contribution in [3.05, 3.63) is 0 Å². The average molecular weight is 292 g/mol. The van der Waals surface area contributed by atoms with Gasteiger partial charge in [0.25, 0.3) is 0 Å². The summed E-state index contributed by atoms with van der Waals surface area (Å²) in [6.45, 7) is 12.2. The molecule has 2 N–H and O–H groups in total. The van der Waals surface area contributed by atoms with E-state index >= 15 is 0 Å². The van der Waals surface area contributed by atoms with Gasteiger partial charge in [0.1, 0.15) is 0 Å². The van der Waals surface area contributed by atoms with Gasteiger partial charge in [-0.15, -0.1) is 12.4 Å². The van der Waals surface area contributed by atoms with Crippen LogP contribution in [0.15, 0.2) is 0 Å². The monoisotopic (exact) mass is 291 g/mol. The minimum atomic E-state index is 0. The molecule has 0 bridgehead atoms. The Bertz CT molecular complexity index is 237. The van der Waals surface area contributed by atoms with E-state index < -0.39 is 0 Å². The Morgan fingerprint density at radius 3 is 2.16 bits per heavy atom. The van der Waals surface area contributed by atoms with Crippen molar-refractivity contribution in [1.82, 2.24) is 9.80 Å². The summed E-state index contributed by atoms with van der Waals surface area (Å²) in [6, 6.07) is 0. The van der Waals surface area contributed by atoms with E-state index in [0.29, 0.717) is 12.2 Å². The summed E-state index contributed by atoms with van der Waals surface area (Å²) in [6.07, 6.45) is 3.46. The van der Waals surface area contributed by atoms with Gasteiger partial charge in [0, 0.05) is 32.7 Å². The largest absolute Gasteiger partial charge is 0.373 e. The Hall–Kier alpha value is 0.130. The lowest BCUT2D eigenvalue weighted by atomic mass is 9.95. The Balaban J connectivity index is 0.00000180. The van der Waals surface area contributed by atoms with Crippen molar-refractivity contribution in [1.29, 1.82) is 0 Å². The number of rotatable bonds is 4. The van der Waals surface area contributed by atoms with Crippen molar-refractivity contribution >= 4 is 12.4 Å². The van der Waals surface area contributed by atoms with Crippen molar-refractivity contribution in [2.75, 3.05) is 45.8 Å². The molecule has 2 fully saturated rings. The van der Waals surface area contributed by atoms with Crippen LogP contribution in [0, 0.1) is 5.92 Å². The smallest absolute Gasteiger partial charge is 0.0678 e. The van der Waals surface area contributed by atoms with Gasteiger partial charge in [0.05, 0.1) is 12.2 Å². The fraction of sp³-hybridized carbons (Fsp3) is 1.00. The van der Waals surface area contributed by atoms with Crippen LogP contribution in [0.1, 0.15) is 26.7 Å². The van der Waals surface area contributed by atoms with E-state index in [4.69, 9.17) is 10.5 Å². The van der Waals surface area contributed by atoms with E-state index in [-0.39, 0.29) is 12.4 Å². The van der Waals surface area contributed by atoms with Crippen molar-refractivity contribution < 1.29 is 4.74 Å². The highest BCUT2D eigenvalue weighted by Crippen LogP contribution is 2.20. The second kappa shape index (κ2) is 8.42. The van der Waals surface area contributed by atoms with Gasteiger partial charge >= 0.3 is 0 Å². The third-order valence-corrected chi connectivity index (χ3v) is 4.16. The van der Waals surface area contributed by atoms with Crippen molar-refractivity contribution in [2.24, 2.45) is 11.7 Å². The first kappa shape index (κ1) is 17.2. The Morgan fingerprint density at radius 2 is 1.63 bits per heavy atom. The second-order valence-corrected chi connectivity index (χ2v) is 6.05. The van der Waals surface area contributed by atoms with E-state index in [0.717, 1.165) is 32.1 Å². The second-order valence-electron chi connectivity index (χ2n) is 6.05. The van der Waals surface area contributed by atoms with Gasteiger partial charge in [-0.25, -0.2) is 0 Å². The van der Waals surface area contributed by atoms with Crippen LogP contribution in [0.2, 0.25) is 0 Å². The minimum Gasteiger partial charge on any atom is -0.373 e. The summed E-state index contributed by atoms with van der Waals surface area (Å²) in [5.74, 6) is 0.872. The van der Waals surface area contributed by atoms with Crippen LogP contribution >= 0.6 is 12.4 Å². The van der Waals surface area contributed by atoms with Gasteiger partial charge in [-0.1, -0.05) is 0 Å². The molecule has 0 radical (unpaired) electrons. The SMILES string of the molecule is CC1CN(CC2CCN(CCN)CC2)CC(C)O1.Cl. The summed E-state index contributed by atoms with van der Waals surface area (Å²) in [5.41, 5.74) is 5.61. The lowest BCUT2D eigenvalue weighted by Crippen LogP contribution is -2.48. The molecule has 2 aliphatic heterocycles. The molecule has 2 rings (SSSR count). The Kier molecular flexibility index (Phi) is 7.62. The molecule has 2 saturated heterocycles. The zero-order valence-corrected chi connectivity index (χ0v) is 13.2. The first-order valence-electron chi connectivity index (χ1n) is 7.47. The van der Waals surface area contributed by atoms with Crippen LogP contribution in [0.4, 0.5) is 0 Å². The van der Waals surface area contributed by atoms with Crippen molar-refractivity contribution in [3.63, 3.8) is 0 Å². The van der Waals surface area contributed by atoms with E-state index in [1.165, 1.54) is 32.5 Å². The van der Waals surface area contributed by atoms with Crippen LogP contribution in [-0.2, 0) is 4.74 Å². The Labute approximate surface area is 124 Å². The number of nitrogens with zero attached hydrogens (tertiary/aromatic N) is 2. The van der Waals surface area contributed by atoms with Gasteiger partial charge in [-0.2, -0.15) is 0 Å². The number of nitrogens with two attached hydrogens (primary N) is 1. The molecular formula is C14H30ClN3O. The Morgan fingerprint density at radius 1 is 1.05 bits per heavy atom. The topological polar surface area (TPSA) is 41.7 Å². The summed E-state index contributed by atoms with van der Waals surface area (Å²) < 4.78 is 5.79. The highest BCUT2D eigenvalue weighted by atomic mass is 35.5. The molecule has 0 aromatic carbocycles. The van der Waals surface area contributed by atoms with Crippen LogP contribution in [-0.4, -0.2) is 67.8 Å². The summed E-state index contributed by atoms with van der Waals surface area (Å²) in [4.78, 5) is 5.10. The zero-order valence-electron chi connectivity index (χ0n) is 12.4. The maximum Gasteiger partial charge on any atom is 0.0678 e. The first-order chi connectivity index (χ1) is 8.67. The standard InChI is InChI=1S/C14H29N3O.ClH/c1-12-9-17(10-13(2)18-12)11-14-3-6-16(7-4-14)8-5-15;/h12-14H,3-11,15H2,1-2H3;1H. The molecule has 2 atom stereocenters. The summed E-state index contributed by atoms with van der Waals surface area (Å²) in [7, 11) is 0. The molecule has 4 nitrogen and oxygen atoms in total. The van der Waals surface area contributed by atoms with Gasteiger partial charge in [-0.05, 0) is 45.7 Å². The van der Waals surface area contributed by atoms with Gasteiger partial charge in [-0.3, -0.25) is 4.90 Å². The molecule has 0 amide bonds. The third-order valence-electron chi connectivity index (χ3n) is 4.16. The van der Waals surface area contributed by atoms with Crippen LogP contribution in [0.5, 0.6) is 0 Å².